The van der Waals surface area contributed by atoms with Crippen LogP contribution in [-0.2, 0) is 22.6 Å². The third kappa shape index (κ3) is 5.54. The lowest BCUT2D eigenvalue weighted by Crippen LogP contribution is -2.34. The summed E-state index contributed by atoms with van der Waals surface area (Å²) in [4.78, 5) is 30.8. The van der Waals surface area contributed by atoms with Crippen molar-refractivity contribution in [3.63, 3.8) is 0 Å². The number of amides is 2. The Morgan fingerprint density at radius 1 is 1.22 bits per heavy atom. The van der Waals surface area contributed by atoms with Gasteiger partial charge in [-0.1, -0.05) is 31.2 Å². The third-order valence-electron chi connectivity index (χ3n) is 4.23. The number of hydrogen-bond acceptors (Lipinski definition) is 3. The second-order valence-corrected chi connectivity index (χ2v) is 6.33. The number of nitrogens with one attached hydrogen (secondary N) is 1. The molecule has 0 fully saturated rings. The van der Waals surface area contributed by atoms with Gasteiger partial charge in [0.1, 0.15) is 12.4 Å². The molecule has 0 aliphatic carbocycles. The summed E-state index contributed by atoms with van der Waals surface area (Å²) >= 11 is 0. The van der Waals surface area contributed by atoms with E-state index in [2.05, 4.69) is 23.5 Å². The van der Waals surface area contributed by atoms with Gasteiger partial charge in [0.15, 0.2) is 0 Å². The maximum atomic E-state index is 12.8. The molecule has 2 amide bonds. The number of carbonyl (C=O) groups excluding carboxylic acids is 2. The summed E-state index contributed by atoms with van der Waals surface area (Å²) < 4.78 is 1.93. The molecular formula is C21H28N4O2. The molecule has 6 heteroatoms. The van der Waals surface area contributed by atoms with E-state index in [4.69, 9.17) is 0 Å². The SMILES string of the molecule is C=CCN(CC=C)C(=O)Cn1c(CCNC(=O)CCC)nc2ccccc21. The fourth-order valence-corrected chi connectivity index (χ4v) is 2.95. The van der Waals surface area contributed by atoms with Crippen LogP contribution in [0.15, 0.2) is 49.6 Å². The van der Waals surface area contributed by atoms with Crippen LogP contribution in [0.5, 0.6) is 0 Å². The number of para-hydroxylation sites is 2. The highest BCUT2D eigenvalue weighted by atomic mass is 16.2. The Bertz CT molecular complexity index is 800. The molecule has 0 unspecified atom stereocenters. The lowest BCUT2D eigenvalue weighted by Gasteiger charge is -2.20. The molecule has 0 saturated carbocycles. The average Bonchev–Trinajstić information content (AvgIpc) is 2.99. The molecule has 6 nitrogen and oxygen atoms in total. The molecule has 0 aliphatic heterocycles. The van der Waals surface area contributed by atoms with E-state index in [1.165, 1.54) is 0 Å². The molecule has 0 saturated heterocycles. The molecule has 2 aromatic rings. The molecule has 2 rings (SSSR count). The van der Waals surface area contributed by atoms with Gasteiger partial charge in [0.2, 0.25) is 11.8 Å². The first-order chi connectivity index (χ1) is 13.1. The summed E-state index contributed by atoms with van der Waals surface area (Å²) in [6.07, 6.45) is 5.32. The molecule has 0 bridgehead atoms. The van der Waals surface area contributed by atoms with Gasteiger partial charge in [-0.05, 0) is 18.6 Å². The number of fused-ring (bicyclic) bond motifs is 1. The van der Waals surface area contributed by atoms with Crippen molar-refractivity contribution in [3.8, 4) is 0 Å². The maximum Gasteiger partial charge on any atom is 0.243 e. The van der Waals surface area contributed by atoms with Crippen molar-refractivity contribution in [1.29, 1.82) is 0 Å². The molecule has 1 aromatic carbocycles. The van der Waals surface area contributed by atoms with Crippen molar-refractivity contribution in [2.45, 2.75) is 32.7 Å². The van der Waals surface area contributed by atoms with Crippen LogP contribution in [0.3, 0.4) is 0 Å². The van der Waals surface area contributed by atoms with Crippen molar-refractivity contribution in [1.82, 2.24) is 19.8 Å². The highest BCUT2D eigenvalue weighted by molar-refractivity contribution is 5.81. The normalized spacial score (nSPS) is 10.6. The van der Waals surface area contributed by atoms with E-state index in [-0.39, 0.29) is 18.4 Å². The first kappa shape index (κ1) is 20.4. The number of imidazole rings is 1. The zero-order chi connectivity index (χ0) is 19.6. The molecule has 1 heterocycles. The van der Waals surface area contributed by atoms with Crippen LogP contribution in [0.25, 0.3) is 11.0 Å². The number of carbonyl (C=O) groups is 2. The van der Waals surface area contributed by atoms with Gasteiger partial charge in [0.25, 0.3) is 0 Å². The Balaban J connectivity index is 2.20. The molecule has 1 N–H and O–H groups in total. The Labute approximate surface area is 160 Å². The van der Waals surface area contributed by atoms with Crippen LogP contribution in [-0.4, -0.2) is 45.9 Å². The second kappa shape index (κ2) is 10.3. The van der Waals surface area contributed by atoms with Crippen molar-refractivity contribution in [2.75, 3.05) is 19.6 Å². The molecule has 144 valence electrons. The van der Waals surface area contributed by atoms with Crippen LogP contribution >= 0.6 is 0 Å². The van der Waals surface area contributed by atoms with E-state index in [0.29, 0.717) is 32.5 Å². The Morgan fingerprint density at radius 3 is 2.59 bits per heavy atom. The van der Waals surface area contributed by atoms with E-state index in [1.807, 2.05) is 35.8 Å². The van der Waals surface area contributed by atoms with Gasteiger partial charge in [-0.3, -0.25) is 9.59 Å². The summed E-state index contributed by atoms with van der Waals surface area (Å²) in [6.45, 7) is 11.0. The topological polar surface area (TPSA) is 67.2 Å². The minimum atomic E-state index is -0.0192. The summed E-state index contributed by atoms with van der Waals surface area (Å²) in [5.74, 6) is 0.812. The van der Waals surface area contributed by atoms with E-state index in [1.54, 1.807) is 17.1 Å². The van der Waals surface area contributed by atoms with Gasteiger partial charge in [0.05, 0.1) is 11.0 Å². The molecule has 0 radical (unpaired) electrons. The molecule has 27 heavy (non-hydrogen) atoms. The first-order valence-corrected chi connectivity index (χ1v) is 9.31. The number of nitrogens with zero attached hydrogens (tertiary/aromatic N) is 3. The fourth-order valence-electron chi connectivity index (χ4n) is 2.95. The van der Waals surface area contributed by atoms with Gasteiger partial charge in [-0.2, -0.15) is 0 Å². The molecule has 1 aromatic heterocycles. The minimum absolute atomic E-state index is 0.0192. The van der Waals surface area contributed by atoms with Crippen molar-refractivity contribution < 1.29 is 9.59 Å². The van der Waals surface area contributed by atoms with Crippen molar-refractivity contribution >= 4 is 22.8 Å². The van der Waals surface area contributed by atoms with Crippen LogP contribution in [0.2, 0.25) is 0 Å². The fraction of sp³-hybridized carbons (Fsp3) is 0.381. The highest BCUT2D eigenvalue weighted by Gasteiger charge is 2.17. The third-order valence-corrected chi connectivity index (χ3v) is 4.23. The number of aromatic nitrogens is 2. The smallest absolute Gasteiger partial charge is 0.243 e. The Morgan fingerprint density at radius 2 is 1.93 bits per heavy atom. The Hall–Kier alpha value is -2.89. The molecule has 0 aliphatic rings. The van der Waals surface area contributed by atoms with Crippen molar-refractivity contribution in [3.05, 3.63) is 55.4 Å². The summed E-state index contributed by atoms with van der Waals surface area (Å²) in [5.41, 5.74) is 1.76. The summed E-state index contributed by atoms with van der Waals surface area (Å²) in [5, 5.41) is 2.91. The standard InChI is InChI=1S/C21H28N4O2/c1-4-9-20(26)22-13-12-19-23-17-10-7-8-11-18(17)25(19)16-21(27)24(14-5-2)15-6-3/h5-8,10-11H,2-4,9,12-16H2,1H3,(H,22,26). The largest absolute Gasteiger partial charge is 0.356 e. The van der Waals surface area contributed by atoms with Crippen molar-refractivity contribution in [2.24, 2.45) is 0 Å². The molecule has 0 atom stereocenters. The van der Waals surface area contributed by atoms with Crippen LogP contribution < -0.4 is 5.32 Å². The van der Waals surface area contributed by atoms with Crippen LogP contribution in [0.1, 0.15) is 25.6 Å². The average molecular weight is 368 g/mol. The van der Waals surface area contributed by atoms with Gasteiger partial charge < -0.3 is 14.8 Å². The maximum absolute atomic E-state index is 12.8. The summed E-state index contributed by atoms with van der Waals surface area (Å²) in [6, 6.07) is 7.75. The summed E-state index contributed by atoms with van der Waals surface area (Å²) in [7, 11) is 0. The second-order valence-electron chi connectivity index (χ2n) is 6.33. The highest BCUT2D eigenvalue weighted by Crippen LogP contribution is 2.17. The number of rotatable bonds is 11. The zero-order valence-corrected chi connectivity index (χ0v) is 16.0. The van der Waals surface area contributed by atoms with Gasteiger partial charge >= 0.3 is 0 Å². The number of hydrogen-bond donors (Lipinski definition) is 1. The number of benzene rings is 1. The predicted molar refractivity (Wildman–Crippen MR) is 108 cm³/mol. The van der Waals surface area contributed by atoms with Gasteiger partial charge in [0, 0.05) is 32.5 Å². The van der Waals surface area contributed by atoms with E-state index >= 15 is 0 Å². The van der Waals surface area contributed by atoms with Crippen LogP contribution in [0.4, 0.5) is 0 Å². The quantitative estimate of drug-likeness (QED) is 0.620. The van der Waals surface area contributed by atoms with Crippen LogP contribution in [0, 0.1) is 0 Å². The van der Waals surface area contributed by atoms with Gasteiger partial charge in [-0.25, -0.2) is 4.98 Å². The van der Waals surface area contributed by atoms with E-state index < -0.39 is 0 Å². The first-order valence-electron chi connectivity index (χ1n) is 9.31. The lowest BCUT2D eigenvalue weighted by atomic mass is 10.3. The monoisotopic (exact) mass is 368 g/mol. The van der Waals surface area contributed by atoms with Gasteiger partial charge in [-0.15, -0.1) is 13.2 Å². The molecule has 0 spiro atoms. The molecular weight excluding hydrogens is 340 g/mol. The Kier molecular flexibility index (Phi) is 7.79. The van der Waals surface area contributed by atoms with E-state index in [9.17, 15) is 9.59 Å². The zero-order valence-electron chi connectivity index (χ0n) is 16.0. The van der Waals surface area contributed by atoms with E-state index in [0.717, 1.165) is 23.3 Å². The predicted octanol–water partition coefficient (Wildman–Crippen LogP) is 2.70. The minimum Gasteiger partial charge on any atom is -0.356 e. The lowest BCUT2D eigenvalue weighted by molar-refractivity contribution is -0.130.